The molecule has 2 fully saturated rings. The SMILES string of the molecule is Cc1ccc(C(=O)N2CCN(C(=O)c3nc(-c4ccc(N5CCC(C)CC5)cc4)no3)CC2)cc1. The third-order valence-electron chi connectivity index (χ3n) is 7.04. The maximum absolute atomic E-state index is 12.9. The van der Waals surface area contributed by atoms with Gasteiger partial charge in [0.15, 0.2) is 0 Å². The first-order valence-corrected chi connectivity index (χ1v) is 12.3. The topological polar surface area (TPSA) is 82.8 Å². The van der Waals surface area contributed by atoms with Crippen molar-refractivity contribution in [1.29, 1.82) is 0 Å². The van der Waals surface area contributed by atoms with Crippen molar-refractivity contribution in [3.63, 3.8) is 0 Å². The smallest absolute Gasteiger partial charge is 0.316 e. The van der Waals surface area contributed by atoms with Gasteiger partial charge in [0, 0.05) is 56.1 Å². The van der Waals surface area contributed by atoms with Crippen molar-refractivity contribution in [1.82, 2.24) is 19.9 Å². The van der Waals surface area contributed by atoms with Crippen LogP contribution in [0.1, 0.15) is 46.4 Å². The van der Waals surface area contributed by atoms with Crippen LogP contribution in [-0.2, 0) is 0 Å². The predicted octanol–water partition coefficient (Wildman–Crippen LogP) is 3.88. The van der Waals surface area contributed by atoms with E-state index in [1.54, 1.807) is 9.80 Å². The molecule has 0 unspecified atom stereocenters. The third-order valence-corrected chi connectivity index (χ3v) is 7.04. The van der Waals surface area contributed by atoms with Crippen molar-refractivity contribution in [3.05, 3.63) is 65.5 Å². The highest BCUT2D eigenvalue weighted by molar-refractivity contribution is 5.95. The fraction of sp³-hybridized carbons (Fsp3) is 0.407. The van der Waals surface area contributed by atoms with Crippen LogP contribution in [0.3, 0.4) is 0 Å². The van der Waals surface area contributed by atoms with Gasteiger partial charge in [0.2, 0.25) is 5.82 Å². The lowest BCUT2D eigenvalue weighted by molar-refractivity contribution is 0.0508. The number of carbonyl (C=O) groups excluding carboxylic acids is 2. The number of hydrogen-bond acceptors (Lipinski definition) is 6. The molecule has 0 radical (unpaired) electrons. The molecule has 8 heteroatoms. The van der Waals surface area contributed by atoms with Crippen molar-refractivity contribution >= 4 is 17.5 Å². The maximum atomic E-state index is 12.9. The Morgan fingerprint density at radius 1 is 0.829 bits per heavy atom. The Kier molecular flexibility index (Phi) is 6.53. The van der Waals surface area contributed by atoms with Crippen LogP contribution in [0.5, 0.6) is 0 Å². The fourth-order valence-electron chi connectivity index (χ4n) is 4.64. The largest absolute Gasteiger partial charge is 0.372 e. The van der Waals surface area contributed by atoms with Crippen molar-refractivity contribution in [3.8, 4) is 11.4 Å². The molecule has 2 amide bonds. The molecule has 0 atom stereocenters. The maximum Gasteiger partial charge on any atom is 0.316 e. The van der Waals surface area contributed by atoms with Crippen molar-refractivity contribution in [2.75, 3.05) is 44.2 Å². The molecule has 3 heterocycles. The van der Waals surface area contributed by atoms with E-state index in [9.17, 15) is 9.59 Å². The monoisotopic (exact) mass is 473 g/mol. The number of carbonyl (C=O) groups is 2. The molecule has 3 aromatic rings. The van der Waals surface area contributed by atoms with Crippen LogP contribution >= 0.6 is 0 Å². The molecule has 0 bridgehead atoms. The normalized spacial score (nSPS) is 17.0. The van der Waals surface area contributed by atoms with Gasteiger partial charge in [-0.25, -0.2) is 0 Å². The number of aromatic nitrogens is 2. The number of piperidine rings is 1. The molecule has 2 aliphatic heterocycles. The van der Waals surface area contributed by atoms with Gasteiger partial charge in [-0.2, -0.15) is 4.98 Å². The minimum Gasteiger partial charge on any atom is -0.372 e. The summed E-state index contributed by atoms with van der Waals surface area (Å²) in [4.78, 5) is 35.9. The number of benzene rings is 2. The van der Waals surface area contributed by atoms with E-state index in [1.807, 2.05) is 43.3 Å². The highest BCUT2D eigenvalue weighted by Gasteiger charge is 2.28. The second-order valence-corrected chi connectivity index (χ2v) is 9.59. The summed E-state index contributed by atoms with van der Waals surface area (Å²) < 4.78 is 5.30. The molecule has 1 aromatic heterocycles. The average Bonchev–Trinajstić information content (AvgIpc) is 3.39. The summed E-state index contributed by atoms with van der Waals surface area (Å²) >= 11 is 0. The molecular weight excluding hydrogens is 442 g/mol. The van der Waals surface area contributed by atoms with Crippen LogP contribution in [-0.4, -0.2) is 71.0 Å². The Hall–Kier alpha value is -3.68. The first-order valence-electron chi connectivity index (χ1n) is 12.3. The summed E-state index contributed by atoms with van der Waals surface area (Å²) in [6.45, 7) is 8.24. The molecule has 8 nitrogen and oxygen atoms in total. The standard InChI is InChI=1S/C27H31N5O3/c1-19-3-5-22(6-4-19)26(33)31-15-17-32(18-16-31)27(34)25-28-24(29-35-25)21-7-9-23(10-8-21)30-13-11-20(2)12-14-30/h3-10,20H,11-18H2,1-2H3. The van der Waals surface area contributed by atoms with E-state index in [2.05, 4.69) is 34.1 Å². The van der Waals surface area contributed by atoms with E-state index in [0.29, 0.717) is 37.6 Å². The minimum absolute atomic E-state index is 0.0142. The van der Waals surface area contributed by atoms with Gasteiger partial charge in [-0.15, -0.1) is 0 Å². The number of nitrogens with zero attached hydrogens (tertiary/aromatic N) is 5. The molecule has 5 rings (SSSR count). The quantitative estimate of drug-likeness (QED) is 0.572. The molecular formula is C27H31N5O3. The summed E-state index contributed by atoms with van der Waals surface area (Å²) in [5.41, 5.74) is 3.79. The average molecular weight is 474 g/mol. The molecule has 182 valence electrons. The number of aryl methyl sites for hydroxylation is 1. The van der Waals surface area contributed by atoms with E-state index in [0.717, 1.165) is 30.1 Å². The van der Waals surface area contributed by atoms with E-state index in [-0.39, 0.29) is 17.7 Å². The van der Waals surface area contributed by atoms with Crippen molar-refractivity contribution < 1.29 is 14.1 Å². The number of piperazine rings is 1. The lowest BCUT2D eigenvalue weighted by atomic mass is 9.98. The predicted molar refractivity (Wildman–Crippen MR) is 133 cm³/mol. The zero-order valence-electron chi connectivity index (χ0n) is 20.3. The fourth-order valence-corrected chi connectivity index (χ4v) is 4.64. The molecule has 2 saturated heterocycles. The molecule has 35 heavy (non-hydrogen) atoms. The zero-order valence-corrected chi connectivity index (χ0v) is 20.3. The second-order valence-electron chi connectivity index (χ2n) is 9.59. The summed E-state index contributed by atoms with van der Waals surface area (Å²) in [6, 6.07) is 15.7. The van der Waals surface area contributed by atoms with Gasteiger partial charge < -0.3 is 19.2 Å². The first kappa shape index (κ1) is 23.1. The third kappa shape index (κ3) is 5.06. The van der Waals surface area contributed by atoms with Crippen LogP contribution in [0, 0.1) is 12.8 Å². The summed E-state index contributed by atoms with van der Waals surface area (Å²) in [5, 5.41) is 4.03. The van der Waals surface area contributed by atoms with Crippen LogP contribution < -0.4 is 4.90 Å². The van der Waals surface area contributed by atoms with Crippen LogP contribution in [0.2, 0.25) is 0 Å². The molecule has 0 saturated carbocycles. The molecule has 2 aliphatic rings. The number of amides is 2. The molecule has 0 aliphatic carbocycles. The highest BCUT2D eigenvalue weighted by atomic mass is 16.5. The van der Waals surface area contributed by atoms with Crippen molar-refractivity contribution in [2.24, 2.45) is 5.92 Å². The van der Waals surface area contributed by atoms with Gasteiger partial charge in [-0.3, -0.25) is 9.59 Å². The van der Waals surface area contributed by atoms with Crippen LogP contribution in [0.25, 0.3) is 11.4 Å². The minimum atomic E-state index is -0.301. The van der Waals surface area contributed by atoms with E-state index in [4.69, 9.17) is 4.52 Å². The van der Waals surface area contributed by atoms with E-state index in [1.165, 1.54) is 18.5 Å². The van der Waals surface area contributed by atoms with Gasteiger partial charge >= 0.3 is 11.8 Å². The lowest BCUT2D eigenvalue weighted by Gasteiger charge is -2.34. The van der Waals surface area contributed by atoms with E-state index < -0.39 is 0 Å². The molecule has 0 N–H and O–H groups in total. The molecule has 2 aromatic carbocycles. The Bertz CT molecular complexity index is 1170. The Morgan fingerprint density at radius 2 is 1.43 bits per heavy atom. The second kappa shape index (κ2) is 9.90. The number of hydrogen-bond donors (Lipinski definition) is 0. The highest BCUT2D eigenvalue weighted by Crippen LogP contribution is 2.25. The van der Waals surface area contributed by atoms with Crippen molar-refractivity contribution in [2.45, 2.75) is 26.7 Å². The van der Waals surface area contributed by atoms with Gasteiger partial charge in [0.05, 0.1) is 0 Å². The summed E-state index contributed by atoms with van der Waals surface area (Å²) in [6.07, 6.45) is 2.43. The van der Waals surface area contributed by atoms with Gasteiger partial charge in [-0.05, 0) is 62.1 Å². The molecule has 0 spiro atoms. The Morgan fingerprint density at radius 3 is 2.06 bits per heavy atom. The van der Waals surface area contributed by atoms with E-state index >= 15 is 0 Å². The Balaban J connectivity index is 1.18. The number of rotatable bonds is 4. The Labute approximate surface area is 205 Å². The van der Waals surface area contributed by atoms with Crippen LogP contribution in [0.15, 0.2) is 53.1 Å². The summed E-state index contributed by atoms with van der Waals surface area (Å²) in [7, 11) is 0. The lowest BCUT2D eigenvalue weighted by Crippen LogP contribution is -2.50. The first-order chi connectivity index (χ1) is 17.0. The van der Waals surface area contributed by atoms with Gasteiger partial charge in [-0.1, -0.05) is 29.8 Å². The zero-order chi connectivity index (χ0) is 24.4. The number of anilines is 1. The van der Waals surface area contributed by atoms with Crippen LogP contribution in [0.4, 0.5) is 5.69 Å². The van der Waals surface area contributed by atoms with Gasteiger partial charge in [0.1, 0.15) is 0 Å². The van der Waals surface area contributed by atoms with Gasteiger partial charge in [0.25, 0.3) is 5.91 Å². The summed E-state index contributed by atoms with van der Waals surface area (Å²) in [5.74, 6) is 0.857.